The largest absolute Gasteiger partial charge is 0.457 e. The minimum atomic E-state index is -0.802. The zero-order valence-electron chi connectivity index (χ0n) is 13.2. The lowest BCUT2D eigenvalue weighted by molar-refractivity contribution is -0.103. The van der Waals surface area contributed by atoms with Crippen LogP contribution < -0.4 is 11.2 Å². The van der Waals surface area contributed by atoms with E-state index in [-0.39, 0.29) is 18.8 Å². The third-order valence-electron chi connectivity index (χ3n) is 3.62. The fourth-order valence-corrected chi connectivity index (χ4v) is 2.34. The number of hydrogen-bond donors (Lipinski definition) is 1. The van der Waals surface area contributed by atoms with E-state index in [1.54, 1.807) is 30.3 Å². The molecule has 1 aromatic carbocycles. The highest BCUT2D eigenvalue weighted by Crippen LogP contribution is 2.20. The van der Waals surface area contributed by atoms with Gasteiger partial charge >= 0.3 is 11.7 Å². The molecule has 0 radical (unpaired) electrons. The topological polar surface area (TPSA) is 99.6 Å². The van der Waals surface area contributed by atoms with Crippen LogP contribution in [0.25, 0.3) is 6.08 Å². The second-order valence-corrected chi connectivity index (χ2v) is 5.27. The number of hydrogen-bond acceptors (Lipinski definition) is 6. The van der Waals surface area contributed by atoms with E-state index in [9.17, 15) is 14.4 Å². The van der Waals surface area contributed by atoms with E-state index in [0.29, 0.717) is 5.56 Å². The molecule has 2 aromatic rings. The van der Waals surface area contributed by atoms with Crippen LogP contribution in [0, 0.1) is 0 Å². The van der Waals surface area contributed by atoms with E-state index in [2.05, 4.69) is 11.6 Å². The number of nitrogens with zero attached hydrogens (tertiary/aromatic N) is 1. The number of ether oxygens (including phenoxy) is 3. The number of aromatic amines is 1. The molecule has 0 spiro atoms. The van der Waals surface area contributed by atoms with Gasteiger partial charge in [-0.3, -0.25) is 14.3 Å². The van der Waals surface area contributed by atoms with Crippen molar-refractivity contribution in [2.75, 3.05) is 13.2 Å². The van der Waals surface area contributed by atoms with Crippen LogP contribution >= 0.6 is 0 Å². The van der Waals surface area contributed by atoms with Gasteiger partial charge in [0.1, 0.15) is 6.61 Å². The first-order valence-electron chi connectivity index (χ1n) is 7.55. The Hall–Kier alpha value is -2.97. The van der Waals surface area contributed by atoms with Crippen molar-refractivity contribution in [2.24, 2.45) is 0 Å². The number of rotatable bonds is 5. The van der Waals surface area contributed by atoms with Crippen LogP contribution in [-0.2, 0) is 14.2 Å². The first-order chi connectivity index (χ1) is 12.1. The Balaban J connectivity index is 1.63. The van der Waals surface area contributed by atoms with Crippen molar-refractivity contribution >= 4 is 12.0 Å². The number of carbonyl (C=O) groups excluding carboxylic acids is 1. The van der Waals surface area contributed by atoms with Crippen LogP contribution in [0.3, 0.4) is 0 Å². The van der Waals surface area contributed by atoms with Crippen molar-refractivity contribution in [2.45, 2.75) is 12.5 Å². The Morgan fingerprint density at radius 3 is 2.84 bits per heavy atom. The fraction of sp³-hybridized carbons (Fsp3) is 0.235. The lowest BCUT2D eigenvalue weighted by Crippen LogP contribution is -2.34. The average molecular weight is 344 g/mol. The van der Waals surface area contributed by atoms with Gasteiger partial charge in [0.25, 0.3) is 5.56 Å². The van der Waals surface area contributed by atoms with Crippen LogP contribution in [0.15, 0.2) is 52.7 Å². The molecule has 3 rings (SSSR count). The SMILES string of the molecule is C=Cc1cn(C2COC(COC(=O)c3ccccc3)O2)c(=O)[nH]c1=O. The van der Waals surface area contributed by atoms with Crippen LogP contribution in [0.1, 0.15) is 22.1 Å². The Kier molecular flexibility index (Phi) is 4.92. The zero-order valence-corrected chi connectivity index (χ0v) is 13.2. The molecule has 1 saturated heterocycles. The molecule has 0 amide bonds. The predicted octanol–water partition coefficient (Wildman–Crippen LogP) is 0.908. The summed E-state index contributed by atoms with van der Waals surface area (Å²) < 4.78 is 17.3. The standard InChI is InChI=1S/C17H16N2O6/c1-2-11-8-19(17(22)18-15(11)20)13-9-23-14(25-13)10-24-16(21)12-6-4-3-5-7-12/h2-8,13-14H,1,9-10H2,(H,18,20,22). The van der Waals surface area contributed by atoms with Gasteiger partial charge in [0.05, 0.1) is 17.7 Å². The summed E-state index contributed by atoms with van der Waals surface area (Å²) in [4.78, 5) is 37.5. The molecule has 2 unspecified atom stereocenters. The highest BCUT2D eigenvalue weighted by Gasteiger charge is 2.29. The van der Waals surface area contributed by atoms with Crippen LogP contribution in [0.2, 0.25) is 0 Å². The van der Waals surface area contributed by atoms with Gasteiger partial charge < -0.3 is 14.2 Å². The number of carbonyl (C=O) groups is 1. The van der Waals surface area contributed by atoms with Crippen molar-refractivity contribution in [3.63, 3.8) is 0 Å². The number of nitrogens with one attached hydrogen (secondary N) is 1. The minimum Gasteiger partial charge on any atom is -0.457 e. The second-order valence-electron chi connectivity index (χ2n) is 5.27. The number of H-pyrrole nitrogens is 1. The summed E-state index contributed by atoms with van der Waals surface area (Å²) in [6.45, 7) is 3.48. The molecule has 1 aliphatic rings. The van der Waals surface area contributed by atoms with Crippen molar-refractivity contribution in [3.05, 3.63) is 75.1 Å². The smallest absolute Gasteiger partial charge is 0.338 e. The summed E-state index contributed by atoms with van der Waals surface area (Å²) in [6.07, 6.45) is 1.15. The number of benzene rings is 1. The predicted molar refractivity (Wildman–Crippen MR) is 88.0 cm³/mol. The summed E-state index contributed by atoms with van der Waals surface area (Å²) >= 11 is 0. The molecule has 130 valence electrons. The summed E-state index contributed by atoms with van der Waals surface area (Å²) in [5, 5.41) is 0. The number of aromatic nitrogens is 2. The van der Waals surface area contributed by atoms with E-state index in [4.69, 9.17) is 14.2 Å². The molecule has 1 aliphatic heterocycles. The van der Waals surface area contributed by atoms with E-state index in [1.807, 2.05) is 0 Å². The summed E-state index contributed by atoms with van der Waals surface area (Å²) in [5.41, 5.74) is -0.485. The number of esters is 1. The van der Waals surface area contributed by atoms with Gasteiger partial charge in [-0.05, 0) is 12.1 Å². The maximum atomic E-state index is 11.9. The molecule has 1 aromatic heterocycles. The van der Waals surface area contributed by atoms with Crippen molar-refractivity contribution < 1.29 is 19.0 Å². The molecular formula is C17H16N2O6. The molecule has 0 bridgehead atoms. The highest BCUT2D eigenvalue weighted by molar-refractivity contribution is 5.89. The molecule has 8 heteroatoms. The average Bonchev–Trinajstić information content (AvgIpc) is 3.09. The quantitative estimate of drug-likeness (QED) is 0.809. The Bertz CT molecular complexity index is 886. The molecule has 1 N–H and O–H groups in total. The first-order valence-corrected chi connectivity index (χ1v) is 7.55. The van der Waals surface area contributed by atoms with Gasteiger partial charge in [-0.25, -0.2) is 9.59 Å². The van der Waals surface area contributed by atoms with Crippen LogP contribution in [-0.4, -0.2) is 35.0 Å². The normalized spacial score (nSPS) is 19.5. The maximum absolute atomic E-state index is 11.9. The van der Waals surface area contributed by atoms with Gasteiger partial charge in [0, 0.05) is 6.20 Å². The van der Waals surface area contributed by atoms with E-state index in [1.165, 1.54) is 16.8 Å². The molecule has 25 heavy (non-hydrogen) atoms. The molecule has 8 nitrogen and oxygen atoms in total. The molecular weight excluding hydrogens is 328 g/mol. The molecule has 2 heterocycles. The van der Waals surface area contributed by atoms with Gasteiger partial charge in [-0.1, -0.05) is 30.9 Å². The molecule has 0 aliphatic carbocycles. The minimum absolute atomic E-state index is 0.0795. The third kappa shape index (κ3) is 3.76. The van der Waals surface area contributed by atoms with Crippen molar-refractivity contribution in [3.8, 4) is 0 Å². The fourth-order valence-electron chi connectivity index (χ4n) is 2.34. The van der Waals surface area contributed by atoms with Crippen molar-refractivity contribution in [1.29, 1.82) is 0 Å². The van der Waals surface area contributed by atoms with Crippen LogP contribution in [0.5, 0.6) is 0 Å². The molecule has 1 fully saturated rings. The monoisotopic (exact) mass is 344 g/mol. The van der Waals surface area contributed by atoms with Crippen LogP contribution in [0.4, 0.5) is 0 Å². The zero-order chi connectivity index (χ0) is 17.8. The first kappa shape index (κ1) is 16.9. The van der Waals surface area contributed by atoms with Gasteiger partial charge in [-0.15, -0.1) is 0 Å². The van der Waals surface area contributed by atoms with Gasteiger partial charge in [0.2, 0.25) is 0 Å². The lowest BCUT2D eigenvalue weighted by atomic mass is 10.2. The Labute approximate surface area is 142 Å². The maximum Gasteiger partial charge on any atom is 0.338 e. The molecule has 2 atom stereocenters. The van der Waals surface area contributed by atoms with E-state index < -0.39 is 29.7 Å². The Morgan fingerprint density at radius 1 is 1.36 bits per heavy atom. The Morgan fingerprint density at radius 2 is 2.12 bits per heavy atom. The summed E-state index contributed by atoms with van der Waals surface area (Å²) in [5.74, 6) is -0.494. The third-order valence-corrected chi connectivity index (χ3v) is 3.62. The lowest BCUT2D eigenvalue weighted by Gasteiger charge is -2.14. The van der Waals surface area contributed by atoms with Gasteiger partial charge in [-0.2, -0.15) is 0 Å². The highest BCUT2D eigenvalue weighted by atomic mass is 16.7. The van der Waals surface area contributed by atoms with E-state index in [0.717, 1.165) is 0 Å². The summed E-state index contributed by atoms with van der Waals surface area (Å²) in [7, 11) is 0. The van der Waals surface area contributed by atoms with E-state index >= 15 is 0 Å². The van der Waals surface area contributed by atoms with Gasteiger partial charge in [0.15, 0.2) is 12.5 Å². The van der Waals surface area contributed by atoms with Crippen molar-refractivity contribution in [1.82, 2.24) is 9.55 Å². The second kappa shape index (κ2) is 7.29. The summed E-state index contributed by atoms with van der Waals surface area (Å²) in [6, 6.07) is 8.53. The molecule has 0 saturated carbocycles.